The molecule has 1 saturated heterocycles. The second kappa shape index (κ2) is 9.50. The van der Waals surface area contributed by atoms with Crippen molar-refractivity contribution in [3.05, 3.63) is 52.0 Å². The van der Waals surface area contributed by atoms with Crippen LogP contribution in [0.25, 0.3) is 0 Å². The fourth-order valence-corrected chi connectivity index (χ4v) is 4.03. The summed E-state index contributed by atoms with van der Waals surface area (Å²) in [6, 6.07) is 10.7. The van der Waals surface area contributed by atoms with Crippen molar-refractivity contribution in [1.29, 1.82) is 0 Å². The highest BCUT2D eigenvalue weighted by atomic mass is 32.1. The van der Waals surface area contributed by atoms with E-state index in [1.807, 2.05) is 6.92 Å². The molecule has 0 saturated carbocycles. The molecule has 0 spiro atoms. The number of nitrogens with one attached hydrogen (secondary N) is 2. The molecule has 1 aliphatic heterocycles. The zero-order valence-corrected chi connectivity index (χ0v) is 16.8. The monoisotopic (exact) mass is 385 g/mol. The van der Waals surface area contributed by atoms with Gasteiger partial charge in [-0.15, -0.1) is 11.3 Å². The number of aliphatic imine (C=N–C) groups is 1. The van der Waals surface area contributed by atoms with Crippen molar-refractivity contribution >= 4 is 23.2 Å². The number of nitrogens with zero attached hydrogens (tertiary/aromatic N) is 3. The van der Waals surface area contributed by atoms with Crippen molar-refractivity contribution in [3.8, 4) is 0 Å². The summed E-state index contributed by atoms with van der Waals surface area (Å²) < 4.78 is 0. The number of likely N-dealkylation sites (tertiary alicyclic amines) is 1. The maximum absolute atomic E-state index is 12.1. The molecule has 1 fully saturated rings. The van der Waals surface area contributed by atoms with E-state index in [0.717, 1.165) is 37.7 Å². The van der Waals surface area contributed by atoms with E-state index in [1.165, 1.54) is 16.9 Å². The van der Waals surface area contributed by atoms with Crippen LogP contribution < -0.4 is 10.6 Å². The van der Waals surface area contributed by atoms with E-state index >= 15 is 0 Å². The second-order valence-corrected chi connectivity index (χ2v) is 7.46. The number of guanidine groups is 1. The molecular formula is C20H27N5OS. The molecule has 2 heterocycles. The number of hydrogen-bond donors (Lipinski definition) is 2. The average Bonchev–Trinajstić information content (AvgIpc) is 3.34. The Morgan fingerprint density at radius 3 is 2.85 bits per heavy atom. The molecular weight excluding hydrogens is 358 g/mol. The number of amides is 1. The maximum Gasteiger partial charge on any atom is 0.263 e. The number of hydrogen-bond acceptors (Lipinski definition) is 4. The zero-order chi connectivity index (χ0) is 19.1. The summed E-state index contributed by atoms with van der Waals surface area (Å²) in [5, 5.41) is 6.30. The molecule has 0 radical (unpaired) electrons. The Hall–Kier alpha value is -2.41. The minimum Gasteiger partial charge on any atom is -0.357 e. The molecule has 0 aliphatic carbocycles. The molecule has 2 N–H and O–H groups in total. The summed E-state index contributed by atoms with van der Waals surface area (Å²) in [5.41, 5.74) is 3.86. The Morgan fingerprint density at radius 2 is 2.15 bits per heavy atom. The standard InChI is InChI=1S/C20H27N5OS/c1-3-21-20(23-11-10-22-19(26)18-15(2)24-14-27-18)25-12-9-17(13-25)16-7-5-4-6-8-16/h4-8,14,17H,3,9-13H2,1-2H3,(H,21,23)(H,22,26). The quantitative estimate of drug-likeness (QED) is 0.456. The van der Waals surface area contributed by atoms with Crippen LogP contribution in [0.4, 0.5) is 0 Å². The summed E-state index contributed by atoms with van der Waals surface area (Å²) in [4.78, 5) is 24.0. The van der Waals surface area contributed by atoms with Crippen molar-refractivity contribution in [1.82, 2.24) is 20.5 Å². The van der Waals surface area contributed by atoms with Crippen LogP contribution in [0, 0.1) is 6.92 Å². The third kappa shape index (κ3) is 5.07. The van der Waals surface area contributed by atoms with Gasteiger partial charge < -0.3 is 15.5 Å². The summed E-state index contributed by atoms with van der Waals surface area (Å²) >= 11 is 1.37. The van der Waals surface area contributed by atoms with Gasteiger partial charge in [0.05, 0.1) is 17.7 Å². The summed E-state index contributed by atoms with van der Waals surface area (Å²) in [6.07, 6.45) is 1.13. The van der Waals surface area contributed by atoms with Gasteiger partial charge >= 0.3 is 0 Å². The average molecular weight is 386 g/mol. The lowest BCUT2D eigenvalue weighted by Gasteiger charge is -2.21. The van der Waals surface area contributed by atoms with Crippen LogP contribution in [-0.4, -0.2) is 54.5 Å². The minimum absolute atomic E-state index is 0.0690. The maximum atomic E-state index is 12.1. The van der Waals surface area contributed by atoms with Gasteiger partial charge in [-0.2, -0.15) is 0 Å². The Bertz CT molecular complexity index is 774. The highest BCUT2D eigenvalue weighted by Gasteiger charge is 2.25. The van der Waals surface area contributed by atoms with Crippen molar-refractivity contribution < 1.29 is 4.79 Å². The van der Waals surface area contributed by atoms with E-state index < -0.39 is 0 Å². The molecule has 0 bridgehead atoms. The molecule has 1 aromatic heterocycles. The number of benzene rings is 1. The lowest BCUT2D eigenvalue weighted by molar-refractivity contribution is 0.0958. The second-order valence-electron chi connectivity index (χ2n) is 6.60. The largest absolute Gasteiger partial charge is 0.357 e. The molecule has 6 nitrogen and oxygen atoms in total. The first-order valence-electron chi connectivity index (χ1n) is 9.45. The molecule has 7 heteroatoms. The Labute approximate surface area is 164 Å². The number of thiazole rings is 1. The van der Waals surface area contributed by atoms with Gasteiger partial charge in [0.2, 0.25) is 0 Å². The fraction of sp³-hybridized carbons (Fsp3) is 0.450. The van der Waals surface area contributed by atoms with Crippen LogP contribution in [0.2, 0.25) is 0 Å². The predicted molar refractivity (Wildman–Crippen MR) is 111 cm³/mol. The summed E-state index contributed by atoms with van der Waals surface area (Å²) in [5.74, 6) is 1.41. The predicted octanol–water partition coefficient (Wildman–Crippen LogP) is 2.64. The number of carbonyl (C=O) groups is 1. The van der Waals surface area contributed by atoms with Crippen molar-refractivity contribution in [2.24, 2.45) is 4.99 Å². The minimum atomic E-state index is -0.0690. The van der Waals surface area contributed by atoms with Gasteiger partial charge in [0.25, 0.3) is 5.91 Å². The van der Waals surface area contributed by atoms with Gasteiger partial charge in [-0.1, -0.05) is 30.3 Å². The SMILES string of the molecule is CCNC(=NCCNC(=O)c1scnc1C)N1CCC(c2ccccc2)C1. The molecule has 1 unspecified atom stereocenters. The first kappa shape index (κ1) is 19.4. The van der Waals surface area contributed by atoms with E-state index in [1.54, 1.807) is 5.51 Å². The van der Waals surface area contributed by atoms with Crippen LogP contribution in [0.1, 0.15) is 40.2 Å². The topological polar surface area (TPSA) is 69.6 Å². The third-order valence-electron chi connectivity index (χ3n) is 4.70. The van der Waals surface area contributed by atoms with Crippen molar-refractivity contribution in [3.63, 3.8) is 0 Å². The molecule has 1 atom stereocenters. The number of aryl methyl sites for hydroxylation is 1. The van der Waals surface area contributed by atoms with Gasteiger partial charge in [-0.3, -0.25) is 9.79 Å². The van der Waals surface area contributed by atoms with E-state index in [-0.39, 0.29) is 5.91 Å². The fourth-order valence-electron chi connectivity index (χ4n) is 3.31. The zero-order valence-electron chi connectivity index (χ0n) is 15.9. The molecule has 2 aromatic rings. The Morgan fingerprint density at radius 1 is 1.33 bits per heavy atom. The lowest BCUT2D eigenvalue weighted by Crippen LogP contribution is -2.40. The molecule has 144 valence electrons. The Kier molecular flexibility index (Phi) is 6.81. The highest BCUT2D eigenvalue weighted by Crippen LogP contribution is 2.26. The molecule has 1 aromatic carbocycles. The molecule has 27 heavy (non-hydrogen) atoms. The van der Waals surface area contributed by atoms with Crippen LogP contribution in [-0.2, 0) is 0 Å². The number of rotatable bonds is 6. The smallest absolute Gasteiger partial charge is 0.263 e. The summed E-state index contributed by atoms with van der Waals surface area (Å²) in [6.45, 7) is 7.80. The summed E-state index contributed by atoms with van der Waals surface area (Å²) in [7, 11) is 0. The van der Waals surface area contributed by atoms with E-state index in [0.29, 0.717) is 23.9 Å². The van der Waals surface area contributed by atoms with Gasteiger partial charge in [0.1, 0.15) is 4.88 Å². The first-order chi connectivity index (χ1) is 13.2. The molecule has 1 amide bonds. The van der Waals surface area contributed by atoms with Gasteiger partial charge in [0, 0.05) is 32.1 Å². The third-order valence-corrected chi connectivity index (χ3v) is 5.63. The van der Waals surface area contributed by atoms with Gasteiger partial charge in [0.15, 0.2) is 5.96 Å². The normalized spacial score (nSPS) is 17.2. The van der Waals surface area contributed by atoms with Crippen LogP contribution in [0.15, 0.2) is 40.8 Å². The number of aromatic nitrogens is 1. The highest BCUT2D eigenvalue weighted by molar-refractivity contribution is 7.11. The van der Waals surface area contributed by atoms with Crippen LogP contribution in [0.5, 0.6) is 0 Å². The van der Waals surface area contributed by atoms with Crippen LogP contribution in [0.3, 0.4) is 0 Å². The van der Waals surface area contributed by atoms with Gasteiger partial charge in [-0.25, -0.2) is 4.98 Å². The Balaban J connectivity index is 1.52. The van der Waals surface area contributed by atoms with Crippen molar-refractivity contribution in [2.45, 2.75) is 26.2 Å². The number of carbonyl (C=O) groups excluding carboxylic acids is 1. The van der Waals surface area contributed by atoms with Crippen LogP contribution >= 0.6 is 11.3 Å². The molecule has 3 rings (SSSR count). The lowest BCUT2D eigenvalue weighted by atomic mass is 9.99. The van der Waals surface area contributed by atoms with E-state index in [4.69, 9.17) is 4.99 Å². The first-order valence-corrected chi connectivity index (χ1v) is 10.3. The molecule has 1 aliphatic rings. The van der Waals surface area contributed by atoms with E-state index in [2.05, 4.69) is 57.8 Å². The van der Waals surface area contributed by atoms with E-state index in [9.17, 15) is 4.79 Å². The van der Waals surface area contributed by atoms with Gasteiger partial charge in [-0.05, 0) is 25.8 Å². The van der Waals surface area contributed by atoms with Crippen molar-refractivity contribution in [2.75, 3.05) is 32.7 Å².